The van der Waals surface area contributed by atoms with Crippen molar-refractivity contribution >= 4 is 16.0 Å². The Balaban J connectivity index is 2.33. The maximum Gasteiger partial charge on any atom is 0.321 e. The van der Waals surface area contributed by atoms with Crippen LogP contribution in [0.3, 0.4) is 0 Å². The zero-order valence-corrected chi connectivity index (χ0v) is 13.1. The second-order valence-electron chi connectivity index (χ2n) is 5.06. The van der Waals surface area contributed by atoms with Crippen LogP contribution in [-0.2, 0) is 19.6 Å². The molecule has 1 N–H and O–H groups in total. The predicted octanol–water partition coefficient (Wildman–Crippen LogP) is 0.741. The van der Waals surface area contributed by atoms with Crippen LogP contribution in [0.2, 0.25) is 0 Å². The molecule has 22 heavy (non-hydrogen) atoms. The molecular formula is C14H19FN2O4S. The Kier molecular flexibility index (Phi) is 5.49. The molecule has 1 aliphatic heterocycles. The summed E-state index contributed by atoms with van der Waals surface area (Å²) in [6.45, 7) is 1.02. The van der Waals surface area contributed by atoms with Crippen LogP contribution in [0.4, 0.5) is 4.39 Å². The van der Waals surface area contributed by atoms with Gasteiger partial charge in [-0.05, 0) is 50.2 Å². The molecule has 1 aromatic carbocycles. The Morgan fingerprint density at radius 3 is 2.45 bits per heavy atom. The van der Waals surface area contributed by atoms with Crippen molar-refractivity contribution in [2.75, 3.05) is 26.7 Å². The first-order chi connectivity index (χ1) is 10.4. The maximum atomic E-state index is 13.0. The van der Waals surface area contributed by atoms with Gasteiger partial charge in [0.05, 0.1) is 12.0 Å². The first-order valence-electron chi connectivity index (χ1n) is 7.00. The number of methoxy groups -OCH3 is 1. The van der Waals surface area contributed by atoms with Crippen molar-refractivity contribution in [2.24, 2.45) is 0 Å². The highest BCUT2D eigenvalue weighted by Gasteiger charge is 2.34. The standard InChI is InChI=1S/C14H19FN2O4S/c1-21-14(18)10-17(12-6-8-16-9-7-12)22(19,20)13-4-2-11(15)3-5-13/h2-5,12,16H,6-10H2,1H3. The van der Waals surface area contributed by atoms with Crippen molar-refractivity contribution in [1.29, 1.82) is 0 Å². The molecule has 0 aliphatic carbocycles. The number of ether oxygens (including phenoxy) is 1. The Bertz CT molecular complexity index is 612. The number of benzene rings is 1. The molecule has 0 saturated carbocycles. The topological polar surface area (TPSA) is 75.7 Å². The summed E-state index contributed by atoms with van der Waals surface area (Å²) >= 11 is 0. The third-order valence-corrected chi connectivity index (χ3v) is 5.56. The van der Waals surface area contributed by atoms with Gasteiger partial charge in [-0.1, -0.05) is 0 Å². The minimum absolute atomic E-state index is 0.0312. The number of carbonyl (C=O) groups excluding carboxylic acids is 1. The molecule has 0 bridgehead atoms. The maximum absolute atomic E-state index is 13.0. The summed E-state index contributed by atoms with van der Waals surface area (Å²) in [5.41, 5.74) is 0. The molecular weight excluding hydrogens is 311 g/mol. The van der Waals surface area contributed by atoms with E-state index >= 15 is 0 Å². The van der Waals surface area contributed by atoms with Gasteiger partial charge in [0.15, 0.2) is 0 Å². The van der Waals surface area contributed by atoms with E-state index in [1.54, 1.807) is 0 Å². The predicted molar refractivity (Wildman–Crippen MR) is 78.2 cm³/mol. The number of hydrogen-bond donors (Lipinski definition) is 1. The van der Waals surface area contributed by atoms with Crippen LogP contribution in [0.1, 0.15) is 12.8 Å². The van der Waals surface area contributed by atoms with E-state index in [9.17, 15) is 17.6 Å². The fourth-order valence-electron chi connectivity index (χ4n) is 2.44. The largest absolute Gasteiger partial charge is 0.468 e. The highest BCUT2D eigenvalue weighted by molar-refractivity contribution is 7.89. The SMILES string of the molecule is COC(=O)CN(C1CCNCC1)S(=O)(=O)c1ccc(F)cc1. The molecule has 1 heterocycles. The Morgan fingerprint density at radius 2 is 1.91 bits per heavy atom. The number of halogens is 1. The lowest BCUT2D eigenvalue weighted by Gasteiger charge is -2.32. The quantitative estimate of drug-likeness (QED) is 0.806. The Morgan fingerprint density at radius 1 is 1.32 bits per heavy atom. The van der Waals surface area contributed by atoms with Crippen molar-refractivity contribution in [1.82, 2.24) is 9.62 Å². The summed E-state index contributed by atoms with van der Waals surface area (Å²) in [6, 6.07) is 4.30. The summed E-state index contributed by atoms with van der Waals surface area (Å²) < 4.78 is 44.3. The van der Waals surface area contributed by atoms with Crippen molar-refractivity contribution in [3.05, 3.63) is 30.1 Å². The molecule has 1 aliphatic rings. The number of esters is 1. The van der Waals surface area contributed by atoms with Gasteiger partial charge in [-0.2, -0.15) is 4.31 Å². The average Bonchev–Trinajstić information content (AvgIpc) is 2.53. The van der Waals surface area contributed by atoms with E-state index in [1.165, 1.54) is 19.2 Å². The lowest BCUT2D eigenvalue weighted by Crippen LogP contribution is -2.48. The fraction of sp³-hybridized carbons (Fsp3) is 0.500. The number of hydrogen-bond acceptors (Lipinski definition) is 5. The number of nitrogens with zero attached hydrogens (tertiary/aromatic N) is 1. The van der Waals surface area contributed by atoms with E-state index in [0.29, 0.717) is 25.9 Å². The summed E-state index contributed by atoms with van der Waals surface area (Å²) in [4.78, 5) is 11.6. The highest BCUT2D eigenvalue weighted by atomic mass is 32.2. The molecule has 2 rings (SSSR count). The van der Waals surface area contributed by atoms with Gasteiger partial charge in [-0.3, -0.25) is 4.79 Å². The normalized spacial score (nSPS) is 16.7. The molecule has 6 nitrogen and oxygen atoms in total. The molecule has 0 aromatic heterocycles. The van der Waals surface area contributed by atoms with Crippen LogP contribution >= 0.6 is 0 Å². The van der Waals surface area contributed by atoms with E-state index in [0.717, 1.165) is 16.4 Å². The second kappa shape index (κ2) is 7.17. The lowest BCUT2D eigenvalue weighted by atomic mass is 10.1. The lowest BCUT2D eigenvalue weighted by molar-refractivity contribution is -0.141. The number of rotatable bonds is 5. The van der Waals surface area contributed by atoms with Gasteiger partial charge in [-0.25, -0.2) is 12.8 Å². The molecule has 0 spiro atoms. The van der Waals surface area contributed by atoms with Crippen LogP contribution in [0.5, 0.6) is 0 Å². The number of nitrogens with one attached hydrogen (secondary N) is 1. The molecule has 0 unspecified atom stereocenters. The summed E-state index contributed by atoms with van der Waals surface area (Å²) in [7, 11) is -2.67. The minimum Gasteiger partial charge on any atom is -0.468 e. The third-order valence-electron chi connectivity index (χ3n) is 3.65. The molecule has 1 aromatic rings. The second-order valence-corrected chi connectivity index (χ2v) is 6.95. The van der Waals surface area contributed by atoms with Crippen LogP contribution in [-0.4, -0.2) is 51.5 Å². The van der Waals surface area contributed by atoms with Crippen LogP contribution in [0, 0.1) is 5.82 Å². The van der Waals surface area contributed by atoms with Crippen molar-refractivity contribution in [3.63, 3.8) is 0 Å². The average molecular weight is 330 g/mol. The smallest absolute Gasteiger partial charge is 0.321 e. The summed E-state index contributed by atoms with van der Waals surface area (Å²) in [5, 5.41) is 3.15. The van der Waals surface area contributed by atoms with E-state index in [4.69, 9.17) is 0 Å². The molecule has 0 atom stereocenters. The van der Waals surface area contributed by atoms with Crippen LogP contribution in [0.15, 0.2) is 29.2 Å². The van der Waals surface area contributed by atoms with Crippen molar-refractivity contribution < 1.29 is 22.3 Å². The molecule has 122 valence electrons. The van der Waals surface area contributed by atoms with E-state index in [-0.39, 0.29) is 17.5 Å². The monoisotopic (exact) mass is 330 g/mol. The molecule has 1 fully saturated rings. The van der Waals surface area contributed by atoms with Crippen LogP contribution in [0.25, 0.3) is 0 Å². The molecule has 1 saturated heterocycles. The van der Waals surface area contributed by atoms with Gasteiger partial charge in [0.25, 0.3) is 0 Å². The third kappa shape index (κ3) is 3.82. The number of piperidine rings is 1. The van der Waals surface area contributed by atoms with E-state index in [2.05, 4.69) is 10.1 Å². The zero-order valence-electron chi connectivity index (χ0n) is 12.3. The van der Waals surface area contributed by atoms with Gasteiger partial charge in [0.1, 0.15) is 12.4 Å². The van der Waals surface area contributed by atoms with Gasteiger partial charge in [-0.15, -0.1) is 0 Å². The van der Waals surface area contributed by atoms with Gasteiger partial charge in [0.2, 0.25) is 10.0 Å². The van der Waals surface area contributed by atoms with Gasteiger partial charge in [0, 0.05) is 6.04 Å². The first kappa shape index (κ1) is 16.9. The summed E-state index contributed by atoms with van der Waals surface area (Å²) in [5.74, 6) is -1.13. The fourth-order valence-corrected chi connectivity index (χ4v) is 4.07. The zero-order chi connectivity index (χ0) is 16.2. The van der Waals surface area contributed by atoms with Crippen molar-refractivity contribution in [2.45, 2.75) is 23.8 Å². The Hall–Kier alpha value is -1.51. The van der Waals surface area contributed by atoms with Crippen LogP contribution < -0.4 is 5.32 Å². The number of carbonyl (C=O) groups is 1. The van der Waals surface area contributed by atoms with E-state index in [1.807, 2.05) is 0 Å². The number of sulfonamides is 1. The first-order valence-corrected chi connectivity index (χ1v) is 8.44. The molecule has 8 heteroatoms. The van der Waals surface area contributed by atoms with Crippen molar-refractivity contribution in [3.8, 4) is 0 Å². The van der Waals surface area contributed by atoms with Gasteiger partial charge < -0.3 is 10.1 Å². The Labute approximate surface area is 129 Å². The highest BCUT2D eigenvalue weighted by Crippen LogP contribution is 2.22. The minimum atomic E-state index is -3.88. The molecule has 0 radical (unpaired) electrons. The summed E-state index contributed by atoms with van der Waals surface area (Å²) in [6.07, 6.45) is 1.22. The van der Waals surface area contributed by atoms with Gasteiger partial charge >= 0.3 is 5.97 Å². The van der Waals surface area contributed by atoms with E-state index < -0.39 is 21.8 Å². The molecule has 0 amide bonds.